The van der Waals surface area contributed by atoms with Crippen LogP contribution in [0.15, 0.2) is 30.5 Å². The summed E-state index contributed by atoms with van der Waals surface area (Å²) in [5, 5.41) is 13.3. The second-order valence-electron chi connectivity index (χ2n) is 8.35. The van der Waals surface area contributed by atoms with Crippen LogP contribution in [0.5, 0.6) is 0 Å². The third-order valence-corrected chi connectivity index (χ3v) is 5.89. The minimum atomic E-state index is -0.895. The van der Waals surface area contributed by atoms with Crippen LogP contribution in [0.4, 0.5) is 11.6 Å². The third kappa shape index (κ3) is 3.97. The number of methoxy groups -OCH3 is 1. The zero-order valence-corrected chi connectivity index (χ0v) is 17.2. The number of aromatic nitrogens is 2. The number of carbonyl (C=O) groups is 1. The molecular formula is C22H30N4O3. The molecule has 0 atom stereocenters. The first kappa shape index (κ1) is 19.8. The van der Waals surface area contributed by atoms with E-state index in [1.165, 1.54) is 0 Å². The van der Waals surface area contributed by atoms with E-state index in [9.17, 15) is 9.90 Å². The molecule has 1 aliphatic carbocycles. The minimum absolute atomic E-state index is 0. The second kappa shape index (κ2) is 7.72. The number of anilines is 2. The Bertz CT molecular complexity index is 890. The fourth-order valence-electron chi connectivity index (χ4n) is 4.14. The Morgan fingerprint density at radius 3 is 2.52 bits per heavy atom. The molecule has 2 aromatic rings. The molecule has 0 unspecified atom stereocenters. The molecule has 4 rings (SSSR count). The first-order valence-corrected chi connectivity index (χ1v) is 10.2. The van der Waals surface area contributed by atoms with Crippen LogP contribution >= 0.6 is 0 Å². The summed E-state index contributed by atoms with van der Waals surface area (Å²) < 4.78 is 5.47. The number of carbonyl (C=O) groups excluding carboxylic acids is 1. The van der Waals surface area contributed by atoms with E-state index in [1.807, 2.05) is 29.2 Å². The Morgan fingerprint density at radius 1 is 1.21 bits per heavy atom. The highest BCUT2D eigenvalue weighted by molar-refractivity contribution is 6.01. The molecule has 2 N–H and O–H groups in total. The number of aliphatic hydroxyl groups is 1. The SMILES string of the molecule is COC1CCC(N2C(=O)CNc3ncc(-c4ccc(C(C)(C)O)cc4)nc32)CC1.[HH]. The van der Waals surface area contributed by atoms with E-state index in [4.69, 9.17) is 9.72 Å². The molecule has 2 heterocycles. The van der Waals surface area contributed by atoms with Gasteiger partial charge < -0.3 is 15.2 Å². The number of fused-ring (bicyclic) bond motifs is 1. The van der Waals surface area contributed by atoms with Crippen molar-refractivity contribution in [2.45, 2.75) is 57.3 Å². The summed E-state index contributed by atoms with van der Waals surface area (Å²) in [6, 6.07) is 7.76. The number of nitrogens with one attached hydrogen (secondary N) is 1. The molecule has 156 valence electrons. The average molecular weight is 399 g/mol. The van der Waals surface area contributed by atoms with E-state index in [-0.39, 0.29) is 26.0 Å². The molecule has 29 heavy (non-hydrogen) atoms. The van der Waals surface area contributed by atoms with Crippen LogP contribution in [-0.4, -0.2) is 46.8 Å². The van der Waals surface area contributed by atoms with Gasteiger partial charge in [0.25, 0.3) is 0 Å². The van der Waals surface area contributed by atoms with Gasteiger partial charge in [-0.05, 0) is 45.1 Å². The van der Waals surface area contributed by atoms with Crippen LogP contribution in [0.3, 0.4) is 0 Å². The van der Waals surface area contributed by atoms with Crippen LogP contribution in [-0.2, 0) is 15.1 Å². The standard InChI is InChI=1S/C22H28N4O3.H2/c1-22(2,28)15-6-4-14(5-7-15)18-12-23-20-21(25-18)26(19(27)13-24-20)16-8-10-17(29-3)11-9-16;/h4-7,12,16-17,28H,8-11,13H2,1-3H3,(H,23,24);1H. The van der Waals surface area contributed by atoms with E-state index >= 15 is 0 Å². The fourth-order valence-corrected chi connectivity index (χ4v) is 4.14. The quantitative estimate of drug-likeness (QED) is 0.821. The summed E-state index contributed by atoms with van der Waals surface area (Å²) in [5.41, 5.74) is 1.54. The normalized spacial score (nSPS) is 22.2. The van der Waals surface area contributed by atoms with Gasteiger partial charge in [-0.25, -0.2) is 9.97 Å². The van der Waals surface area contributed by atoms with Crippen molar-refractivity contribution >= 4 is 17.5 Å². The molecule has 0 saturated heterocycles. The lowest BCUT2D eigenvalue weighted by molar-refractivity contribution is -0.118. The summed E-state index contributed by atoms with van der Waals surface area (Å²) in [7, 11) is 1.75. The van der Waals surface area contributed by atoms with E-state index in [1.54, 1.807) is 27.2 Å². The van der Waals surface area contributed by atoms with Gasteiger partial charge in [-0.1, -0.05) is 24.3 Å². The van der Waals surface area contributed by atoms with Gasteiger partial charge in [-0.2, -0.15) is 0 Å². The molecule has 1 aliphatic heterocycles. The zero-order valence-electron chi connectivity index (χ0n) is 17.2. The zero-order chi connectivity index (χ0) is 20.6. The van der Waals surface area contributed by atoms with Gasteiger partial charge in [0.1, 0.15) is 0 Å². The van der Waals surface area contributed by atoms with Crippen molar-refractivity contribution in [1.82, 2.24) is 9.97 Å². The summed E-state index contributed by atoms with van der Waals surface area (Å²) >= 11 is 0. The van der Waals surface area contributed by atoms with Gasteiger partial charge in [0.05, 0.1) is 30.1 Å². The van der Waals surface area contributed by atoms with Crippen LogP contribution in [0.1, 0.15) is 46.5 Å². The Balaban J connectivity index is 0.00000256. The number of hydrogen-bond acceptors (Lipinski definition) is 6. The van der Waals surface area contributed by atoms with Gasteiger partial charge >= 0.3 is 0 Å². The second-order valence-corrected chi connectivity index (χ2v) is 8.35. The fraction of sp³-hybridized carbons (Fsp3) is 0.500. The topological polar surface area (TPSA) is 87.6 Å². The Labute approximate surface area is 172 Å². The van der Waals surface area contributed by atoms with E-state index in [0.29, 0.717) is 17.3 Å². The van der Waals surface area contributed by atoms with Crippen molar-refractivity contribution in [3.63, 3.8) is 0 Å². The van der Waals surface area contributed by atoms with E-state index in [2.05, 4.69) is 10.3 Å². The predicted molar refractivity (Wildman–Crippen MR) is 114 cm³/mol. The van der Waals surface area contributed by atoms with Crippen LogP contribution in [0.2, 0.25) is 0 Å². The van der Waals surface area contributed by atoms with E-state index in [0.717, 1.165) is 36.8 Å². The summed E-state index contributed by atoms with van der Waals surface area (Å²) in [4.78, 5) is 23.9. The maximum absolute atomic E-state index is 12.7. The Hall–Kier alpha value is -2.51. The van der Waals surface area contributed by atoms with Crippen molar-refractivity contribution in [2.24, 2.45) is 0 Å². The van der Waals surface area contributed by atoms with Gasteiger partial charge in [0, 0.05) is 20.1 Å². The summed E-state index contributed by atoms with van der Waals surface area (Å²) in [6.45, 7) is 3.76. The molecule has 2 aliphatic rings. The van der Waals surface area contributed by atoms with Crippen LogP contribution in [0, 0.1) is 0 Å². The van der Waals surface area contributed by atoms with Crippen molar-refractivity contribution in [3.05, 3.63) is 36.0 Å². The number of hydrogen-bond donors (Lipinski definition) is 2. The largest absolute Gasteiger partial charge is 0.386 e. The highest BCUT2D eigenvalue weighted by atomic mass is 16.5. The van der Waals surface area contributed by atoms with Crippen molar-refractivity contribution < 1.29 is 16.1 Å². The summed E-state index contributed by atoms with van der Waals surface area (Å²) in [5.74, 6) is 1.28. The van der Waals surface area contributed by atoms with E-state index < -0.39 is 5.60 Å². The highest BCUT2D eigenvalue weighted by Gasteiger charge is 2.35. The monoisotopic (exact) mass is 398 g/mol. The average Bonchev–Trinajstić information content (AvgIpc) is 2.73. The number of amides is 1. The molecule has 0 spiro atoms. The molecule has 1 aromatic carbocycles. The summed E-state index contributed by atoms with van der Waals surface area (Å²) in [6.07, 6.45) is 5.68. The van der Waals surface area contributed by atoms with Crippen LogP contribution in [0.25, 0.3) is 11.3 Å². The number of nitrogens with zero attached hydrogens (tertiary/aromatic N) is 3. The lowest BCUT2D eigenvalue weighted by atomic mass is 9.91. The molecule has 1 amide bonds. The minimum Gasteiger partial charge on any atom is -0.386 e. The molecule has 0 radical (unpaired) electrons. The molecular weight excluding hydrogens is 368 g/mol. The van der Waals surface area contributed by atoms with Crippen molar-refractivity contribution in [2.75, 3.05) is 23.9 Å². The predicted octanol–water partition coefficient (Wildman–Crippen LogP) is 3.33. The highest BCUT2D eigenvalue weighted by Crippen LogP contribution is 2.35. The maximum atomic E-state index is 12.7. The van der Waals surface area contributed by atoms with Gasteiger partial charge in [0.15, 0.2) is 11.6 Å². The first-order chi connectivity index (χ1) is 13.9. The molecule has 1 aromatic heterocycles. The molecule has 1 fully saturated rings. The molecule has 1 saturated carbocycles. The Kier molecular flexibility index (Phi) is 5.27. The Morgan fingerprint density at radius 2 is 1.90 bits per heavy atom. The van der Waals surface area contributed by atoms with Crippen molar-refractivity contribution in [1.29, 1.82) is 0 Å². The number of rotatable bonds is 4. The number of benzene rings is 1. The maximum Gasteiger partial charge on any atom is 0.247 e. The van der Waals surface area contributed by atoms with Crippen LogP contribution < -0.4 is 10.2 Å². The first-order valence-electron chi connectivity index (χ1n) is 10.2. The smallest absolute Gasteiger partial charge is 0.247 e. The van der Waals surface area contributed by atoms with Gasteiger partial charge in [-0.15, -0.1) is 0 Å². The lowest BCUT2D eigenvalue weighted by Crippen LogP contribution is -2.49. The molecule has 7 nitrogen and oxygen atoms in total. The lowest BCUT2D eigenvalue weighted by Gasteiger charge is -2.38. The third-order valence-electron chi connectivity index (χ3n) is 5.89. The van der Waals surface area contributed by atoms with Crippen molar-refractivity contribution in [3.8, 4) is 11.3 Å². The molecule has 7 heteroatoms. The van der Waals surface area contributed by atoms with Gasteiger partial charge in [0.2, 0.25) is 5.91 Å². The molecule has 0 bridgehead atoms. The van der Waals surface area contributed by atoms with Gasteiger partial charge in [-0.3, -0.25) is 9.69 Å². The number of ether oxygens (including phenoxy) is 1.